The van der Waals surface area contributed by atoms with Crippen LogP contribution in [0.2, 0.25) is 0 Å². The molecule has 3 N–H and O–H groups in total. The molecule has 0 amide bonds. The van der Waals surface area contributed by atoms with Crippen LogP contribution in [0.15, 0.2) is 30.5 Å². The average Bonchev–Trinajstić information content (AvgIpc) is 2.68. The first-order valence-corrected chi connectivity index (χ1v) is 11.9. The van der Waals surface area contributed by atoms with Crippen LogP contribution in [0, 0.1) is 17.2 Å². The lowest BCUT2D eigenvalue weighted by Gasteiger charge is -2.43. The van der Waals surface area contributed by atoms with Crippen molar-refractivity contribution in [3.05, 3.63) is 36.0 Å². The Balaban J connectivity index is 1.53. The largest absolute Gasteiger partial charge is 0.369 e. The Morgan fingerprint density at radius 3 is 2.71 bits per heavy atom. The molecule has 0 radical (unpaired) electrons. The van der Waals surface area contributed by atoms with Crippen LogP contribution in [-0.4, -0.2) is 50.8 Å². The second-order valence-corrected chi connectivity index (χ2v) is 10.7. The molecule has 2 aliphatic rings. The van der Waals surface area contributed by atoms with Gasteiger partial charge < -0.3 is 10.2 Å². The van der Waals surface area contributed by atoms with Gasteiger partial charge in [0.2, 0.25) is 0 Å². The summed E-state index contributed by atoms with van der Waals surface area (Å²) >= 11 is 0. The van der Waals surface area contributed by atoms with Crippen molar-refractivity contribution in [3.8, 4) is 6.07 Å². The number of anilines is 1. The van der Waals surface area contributed by atoms with E-state index in [1.54, 1.807) is 6.20 Å². The van der Waals surface area contributed by atoms with E-state index in [9.17, 15) is 14.4 Å². The van der Waals surface area contributed by atoms with Gasteiger partial charge in [0.1, 0.15) is 6.07 Å². The minimum absolute atomic E-state index is 0.358. The maximum absolute atomic E-state index is 9.85. The fourth-order valence-electron chi connectivity index (χ4n) is 4.60. The van der Waals surface area contributed by atoms with Crippen LogP contribution in [0.25, 0.3) is 10.9 Å². The Hall–Kier alpha value is -1.85. The Morgan fingerprint density at radius 2 is 1.96 bits per heavy atom. The molecule has 0 bridgehead atoms. The SMILES string of the molecule is C[C@H]1C[C@@H](NC2CCS(O)(O)CC2)CN(c2ccc(C#N)c3ncccc23)C1. The van der Waals surface area contributed by atoms with Gasteiger partial charge in [-0.1, -0.05) is 6.92 Å². The number of hydrogen-bond donors (Lipinski definition) is 3. The van der Waals surface area contributed by atoms with Crippen LogP contribution < -0.4 is 10.2 Å². The number of hydrogen-bond acceptors (Lipinski definition) is 6. The van der Waals surface area contributed by atoms with Gasteiger partial charge in [0.25, 0.3) is 0 Å². The van der Waals surface area contributed by atoms with Crippen molar-refractivity contribution in [1.82, 2.24) is 10.3 Å². The molecule has 0 unspecified atom stereocenters. The number of pyridine rings is 1. The molecular weight excluding hydrogens is 372 g/mol. The van der Waals surface area contributed by atoms with E-state index in [1.165, 1.54) is 0 Å². The topological polar surface area (TPSA) is 92.4 Å². The highest BCUT2D eigenvalue weighted by Crippen LogP contribution is 2.44. The Kier molecular flexibility index (Phi) is 5.48. The van der Waals surface area contributed by atoms with Crippen molar-refractivity contribution < 1.29 is 9.11 Å². The van der Waals surface area contributed by atoms with Gasteiger partial charge in [-0.2, -0.15) is 15.9 Å². The second-order valence-electron chi connectivity index (χ2n) is 8.24. The lowest BCUT2D eigenvalue weighted by molar-refractivity contribution is 0.308. The summed E-state index contributed by atoms with van der Waals surface area (Å²) in [5.74, 6) is 1.59. The monoisotopic (exact) mass is 400 g/mol. The first-order valence-electron chi connectivity index (χ1n) is 9.97. The number of piperidine rings is 1. The van der Waals surface area contributed by atoms with Crippen molar-refractivity contribution >= 4 is 27.2 Å². The number of fused-ring (bicyclic) bond motifs is 1. The summed E-state index contributed by atoms with van der Waals surface area (Å²) in [4.78, 5) is 6.85. The van der Waals surface area contributed by atoms with Gasteiger partial charge in [0, 0.05) is 53.9 Å². The zero-order valence-corrected chi connectivity index (χ0v) is 17.0. The zero-order valence-electron chi connectivity index (χ0n) is 16.2. The Labute approximate surface area is 167 Å². The number of nitriles is 1. The van der Waals surface area contributed by atoms with E-state index in [1.807, 2.05) is 24.3 Å². The molecule has 4 rings (SSSR count). The summed E-state index contributed by atoms with van der Waals surface area (Å²) in [6.45, 7) is 4.18. The maximum Gasteiger partial charge on any atom is 0.101 e. The molecule has 7 heteroatoms. The summed E-state index contributed by atoms with van der Waals surface area (Å²) in [5, 5.41) is 14.2. The van der Waals surface area contributed by atoms with E-state index in [0.29, 0.717) is 35.1 Å². The first-order chi connectivity index (χ1) is 13.4. The number of aromatic nitrogens is 1. The predicted octanol–water partition coefficient (Wildman–Crippen LogP) is 3.82. The molecule has 2 saturated heterocycles. The van der Waals surface area contributed by atoms with E-state index in [0.717, 1.165) is 48.9 Å². The van der Waals surface area contributed by atoms with Crippen LogP contribution in [0.5, 0.6) is 0 Å². The summed E-state index contributed by atoms with van der Waals surface area (Å²) in [5.41, 5.74) is 2.52. The van der Waals surface area contributed by atoms with Crippen LogP contribution >= 0.6 is 10.6 Å². The standard InChI is InChI=1S/C21H28N4O2S/c1-15-11-18(24-17-6-9-28(26,27)10-7-17)14-25(13-15)20-5-4-16(12-22)21-19(20)3-2-8-23-21/h2-5,8,15,17-18,24,26-27H,6-7,9-11,13-14H2,1H3/t15-,18+/m0/s1. The molecule has 1 aromatic heterocycles. The highest BCUT2D eigenvalue weighted by Gasteiger charge is 2.30. The number of nitrogens with zero attached hydrogens (tertiary/aromatic N) is 3. The summed E-state index contributed by atoms with van der Waals surface area (Å²) in [6, 6.07) is 10.9. The third-order valence-corrected chi connectivity index (χ3v) is 7.70. The van der Waals surface area contributed by atoms with Gasteiger partial charge in [0.05, 0.1) is 11.1 Å². The second kappa shape index (κ2) is 7.88. The number of nitrogens with one attached hydrogen (secondary N) is 1. The van der Waals surface area contributed by atoms with Gasteiger partial charge >= 0.3 is 0 Å². The van der Waals surface area contributed by atoms with E-state index >= 15 is 0 Å². The normalized spacial score (nSPS) is 26.7. The highest BCUT2D eigenvalue weighted by molar-refractivity contribution is 8.24. The average molecular weight is 401 g/mol. The smallest absolute Gasteiger partial charge is 0.101 e. The van der Waals surface area contributed by atoms with Crippen molar-refractivity contribution in [2.24, 2.45) is 5.92 Å². The van der Waals surface area contributed by atoms with Crippen molar-refractivity contribution in [2.45, 2.75) is 38.3 Å². The zero-order chi connectivity index (χ0) is 19.7. The molecule has 1 aromatic carbocycles. The Bertz CT molecular complexity index is 888. The minimum Gasteiger partial charge on any atom is -0.369 e. The number of benzene rings is 1. The predicted molar refractivity (Wildman–Crippen MR) is 115 cm³/mol. The van der Waals surface area contributed by atoms with Crippen LogP contribution in [-0.2, 0) is 0 Å². The van der Waals surface area contributed by atoms with Crippen LogP contribution in [0.4, 0.5) is 5.69 Å². The summed E-state index contributed by atoms with van der Waals surface area (Å²) < 4.78 is 19.7. The first kappa shape index (κ1) is 19.5. The molecule has 0 spiro atoms. The lowest BCUT2D eigenvalue weighted by atomic mass is 9.93. The molecule has 0 saturated carbocycles. The Morgan fingerprint density at radius 1 is 1.18 bits per heavy atom. The third-order valence-electron chi connectivity index (χ3n) is 5.93. The van der Waals surface area contributed by atoms with Gasteiger partial charge in [-0.25, -0.2) is 0 Å². The minimum atomic E-state index is -2.34. The van der Waals surface area contributed by atoms with E-state index in [-0.39, 0.29) is 0 Å². The highest BCUT2D eigenvalue weighted by atomic mass is 32.3. The summed E-state index contributed by atoms with van der Waals surface area (Å²) in [6.07, 6.45) is 4.52. The molecule has 150 valence electrons. The summed E-state index contributed by atoms with van der Waals surface area (Å²) in [7, 11) is -2.34. The van der Waals surface area contributed by atoms with Gasteiger partial charge in [-0.15, -0.1) is 0 Å². The lowest BCUT2D eigenvalue weighted by Crippen LogP contribution is -2.52. The molecule has 6 nitrogen and oxygen atoms in total. The third kappa shape index (κ3) is 4.11. The van der Waals surface area contributed by atoms with Crippen molar-refractivity contribution in [1.29, 1.82) is 5.26 Å². The van der Waals surface area contributed by atoms with Crippen molar-refractivity contribution in [3.63, 3.8) is 0 Å². The maximum atomic E-state index is 9.85. The van der Waals surface area contributed by atoms with E-state index in [2.05, 4.69) is 28.2 Å². The molecule has 2 aliphatic heterocycles. The molecular formula is C21H28N4O2S. The molecule has 2 fully saturated rings. The van der Waals surface area contributed by atoms with Crippen molar-refractivity contribution in [2.75, 3.05) is 29.5 Å². The molecule has 2 aromatic rings. The van der Waals surface area contributed by atoms with E-state index in [4.69, 9.17) is 0 Å². The van der Waals surface area contributed by atoms with Gasteiger partial charge in [0.15, 0.2) is 0 Å². The number of rotatable bonds is 3. The van der Waals surface area contributed by atoms with Gasteiger partial charge in [-0.05, 0) is 49.4 Å². The fraction of sp³-hybridized carbons (Fsp3) is 0.524. The quantitative estimate of drug-likeness (QED) is 0.725. The fourth-order valence-corrected chi connectivity index (χ4v) is 6.13. The van der Waals surface area contributed by atoms with Gasteiger partial charge in [-0.3, -0.25) is 14.1 Å². The van der Waals surface area contributed by atoms with Crippen LogP contribution in [0.3, 0.4) is 0 Å². The molecule has 0 aliphatic carbocycles. The van der Waals surface area contributed by atoms with E-state index < -0.39 is 10.6 Å². The molecule has 3 heterocycles. The van der Waals surface area contributed by atoms with Crippen LogP contribution in [0.1, 0.15) is 31.7 Å². The molecule has 28 heavy (non-hydrogen) atoms. The molecule has 2 atom stereocenters.